The van der Waals surface area contributed by atoms with Gasteiger partial charge in [-0.05, 0) is 74.7 Å². The van der Waals surface area contributed by atoms with E-state index in [1.54, 1.807) is 31.2 Å². The zero-order valence-corrected chi connectivity index (χ0v) is 20.1. The van der Waals surface area contributed by atoms with Crippen molar-refractivity contribution < 1.29 is 33.4 Å². The summed E-state index contributed by atoms with van der Waals surface area (Å²) in [5, 5.41) is 14.6. The Kier molecular flexibility index (Phi) is 6.35. The van der Waals surface area contributed by atoms with E-state index in [0.29, 0.717) is 34.5 Å². The highest BCUT2D eigenvalue weighted by Gasteiger charge is 2.30. The number of furan rings is 1. The smallest absolute Gasteiger partial charge is 0.342 e. The average molecular weight is 501 g/mol. The van der Waals surface area contributed by atoms with Crippen molar-refractivity contribution >= 4 is 46.8 Å². The summed E-state index contributed by atoms with van der Waals surface area (Å²) in [6.07, 6.45) is 4.90. The van der Waals surface area contributed by atoms with Crippen LogP contribution in [0.5, 0.6) is 0 Å². The summed E-state index contributed by atoms with van der Waals surface area (Å²) < 4.78 is 11.3. The Morgan fingerprint density at radius 1 is 1.08 bits per heavy atom. The zero-order valence-electron chi connectivity index (χ0n) is 20.1. The van der Waals surface area contributed by atoms with Crippen molar-refractivity contribution in [2.45, 2.75) is 32.6 Å². The summed E-state index contributed by atoms with van der Waals surface area (Å²) >= 11 is 0. The summed E-state index contributed by atoms with van der Waals surface area (Å²) in [6, 6.07) is 10.6. The molecule has 2 heterocycles. The first-order valence-electron chi connectivity index (χ1n) is 12.0. The minimum Gasteiger partial charge on any atom is -0.478 e. The summed E-state index contributed by atoms with van der Waals surface area (Å²) in [5.41, 5.74) is 3.42. The van der Waals surface area contributed by atoms with Gasteiger partial charge in [-0.2, -0.15) is 0 Å². The van der Waals surface area contributed by atoms with Crippen molar-refractivity contribution in [1.29, 1.82) is 0 Å². The van der Waals surface area contributed by atoms with Crippen LogP contribution in [-0.2, 0) is 22.4 Å². The first-order chi connectivity index (χ1) is 17.9. The fourth-order valence-corrected chi connectivity index (χ4v) is 4.62. The molecule has 9 heteroatoms. The number of nitrogens with one attached hydrogen (secondary N) is 2. The lowest BCUT2D eigenvalue weighted by molar-refractivity contribution is -0.110. The molecule has 9 nitrogen and oxygen atoms in total. The summed E-state index contributed by atoms with van der Waals surface area (Å²) in [7, 11) is 0. The van der Waals surface area contributed by atoms with Gasteiger partial charge in [0.05, 0.1) is 17.7 Å². The van der Waals surface area contributed by atoms with E-state index >= 15 is 0 Å². The van der Waals surface area contributed by atoms with Crippen LogP contribution in [0.4, 0.5) is 11.4 Å². The van der Waals surface area contributed by atoms with E-state index < -0.39 is 17.8 Å². The predicted octanol–water partition coefficient (Wildman–Crippen LogP) is 4.78. The third-order valence-electron chi connectivity index (χ3n) is 6.41. The van der Waals surface area contributed by atoms with Crippen LogP contribution in [-0.4, -0.2) is 35.5 Å². The molecule has 3 N–H and O–H groups in total. The van der Waals surface area contributed by atoms with E-state index in [1.165, 1.54) is 24.3 Å². The van der Waals surface area contributed by atoms with Gasteiger partial charge in [-0.3, -0.25) is 9.59 Å². The van der Waals surface area contributed by atoms with Gasteiger partial charge in [0.2, 0.25) is 0 Å². The van der Waals surface area contributed by atoms with Crippen LogP contribution >= 0.6 is 0 Å². The van der Waals surface area contributed by atoms with Gasteiger partial charge < -0.3 is 24.9 Å². The molecule has 2 amide bonds. The third-order valence-corrected chi connectivity index (χ3v) is 6.41. The minimum atomic E-state index is -1.08. The highest BCUT2D eigenvalue weighted by atomic mass is 16.5. The second kappa shape index (κ2) is 9.77. The SMILES string of the molecule is CCOC(=O)c1c(C=C2C(=O)Nc3ccc(NC(=O)c4ccc(C(=O)O)cc4)cc32)oc2c1CCCC2. The van der Waals surface area contributed by atoms with Crippen molar-refractivity contribution in [3.05, 3.63) is 81.8 Å². The molecule has 1 aliphatic carbocycles. The molecule has 0 fully saturated rings. The number of carbonyl (C=O) groups is 4. The quantitative estimate of drug-likeness (QED) is 0.327. The van der Waals surface area contributed by atoms with Crippen molar-refractivity contribution in [3.63, 3.8) is 0 Å². The molecule has 188 valence electrons. The Morgan fingerprint density at radius 3 is 2.54 bits per heavy atom. The molecule has 2 aliphatic rings. The van der Waals surface area contributed by atoms with E-state index in [2.05, 4.69) is 10.6 Å². The van der Waals surface area contributed by atoms with Gasteiger partial charge in [-0.1, -0.05) is 0 Å². The number of amides is 2. The van der Waals surface area contributed by atoms with Gasteiger partial charge in [-0.25, -0.2) is 9.59 Å². The van der Waals surface area contributed by atoms with Gasteiger partial charge in [-0.15, -0.1) is 0 Å². The van der Waals surface area contributed by atoms with Crippen LogP contribution < -0.4 is 10.6 Å². The fraction of sp³-hybridized carbons (Fsp3) is 0.214. The lowest BCUT2D eigenvalue weighted by Crippen LogP contribution is -2.12. The molecule has 0 bridgehead atoms. The number of ether oxygens (including phenoxy) is 1. The molecular weight excluding hydrogens is 476 g/mol. The average Bonchev–Trinajstić information content (AvgIpc) is 3.41. The van der Waals surface area contributed by atoms with Crippen molar-refractivity contribution in [1.82, 2.24) is 0 Å². The standard InChI is InChI=1S/C28H24N2O7/c1-2-36-28(35)24-18-5-3-4-6-22(18)37-23(24)14-20-19-13-17(11-12-21(19)30-26(20)32)29-25(31)15-7-9-16(10-8-15)27(33)34/h7-14H,2-6H2,1H3,(H,29,31)(H,30,32)(H,33,34). The molecule has 1 aliphatic heterocycles. The Hall–Kier alpha value is -4.66. The van der Waals surface area contributed by atoms with E-state index in [4.69, 9.17) is 14.3 Å². The van der Waals surface area contributed by atoms with Gasteiger partial charge in [0, 0.05) is 34.5 Å². The Balaban J connectivity index is 1.47. The molecule has 0 spiro atoms. The normalized spacial score (nSPS) is 15.1. The van der Waals surface area contributed by atoms with Crippen LogP contribution in [0.3, 0.4) is 0 Å². The second-order valence-electron chi connectivity index (χ2n) is 8.78. The van der Waals surface area contributed by atoms with Crippen LogP contribution in [0.25, 0.3) is 11.6 Å². The molecule has 0 saturated heterocycles. The minimum absolute atomic E-state index is 0.0789. The van der Waals surface area contributed by atoms with Crippen LogP contribution in [0.1, 0.15) is 73.5 Å². The van der Waals surface area contributed by atoms with Crippen molar-refractivity contribution in [2.75, 3.05) is 17.2 Å². The number of carbonyl (C=O) groups excluding carboxylic acids is 3. The first kappa shape index (κ1) is 24.1. The number of fused-ring (bicyclic) bond motifs is 2. The molecule has 1 aromatic heterocycles. The Labute approximate surface area is 212 Å². The molecule has 0 atom stereocenters. The largest absolute Gasteiger partial charge is 0.478 e. The lowest BCUT2D eigenvalue weighted by atomic mass is 9.94. The van der Waals surface area contributed by atoms with Crippen LogP contribution in [0, 0.1) is 0 Å². The number of rotatable bonds is 6. The monoisotopic (exact) mass is 500 g/mol. The first-order valence-corrected chi connectivity index (χ1v) is 12.0. The lowest BCUT2D eigenvalue weighted by Gasteiger charge is -2.10. The fourth-order valence-electron chi connectivity index (χ4n) is 4.62. The number of aryl methyl sites for hydroxylation is 1. The van der Waals surface area contributed by atoms with Crippen LogP contribution in [0.15, 0.2) is 46.9 Å². The molecular formula is C28H24N2O7. The number of benzene rings is 2. The molecule has 5 rings (SSSR count). The summed E-state index contributed by atoms with van der Waals surface area (Å²) in [4.78, 5) is 49.4. The van der Waals surface area contributed by atoms with Crippen molar-refractivity contribution in [3.8, 4) is 0 Å². The van der Waals surface area contributed by atoms with Crippen molar-refractivity contribution in [2.24, 2.45) is 0 Å². The summed E-state index contributed by atoms with van der Waals surface area (Å²) in [5.74, 6) is -1.30. The van der Waals surface area contributed by atoms with Gasteiger partial charge in [0.1, 0.15) is 17.1 Å². The molecule has 0 saturated carbocycles. The number of aromatic carboxylic acids is 1. The molecule has 3 aromatic rings. The zero-order chi connectivity index (χ0) is 26.1. The Morgan fingerprint density at radius 2 is 1.81 bits per heavy atom. The number of anilines is 2. The van der Waals surface area contributed by atoms with E-state index in [-0.39, 0.29) is 29.4 Å². The maximum atomic E-state index is 12.9. The molecule has 37 heavy (non-hydrogen) atoms. The third kappa shape index (κ3) is 4.63. The molecule has 2 aromatic carbocycles. The van der Waals surface area contributed by atoms with Gasteiger partial charge in [0.15, 0.2) is 0 Å². The second-order valence-corrected chi connectivity index (χ2v) is 8.78. The summed E-state index contributed by atoms with van der Waals surface area (Å²) in [6.45, 7) is 1.96. The van der Waals surface area contributed by atoms with E-state index in [0.717, 1.165) is 30.6 Å². The molecule has 0 radical (unpaired) electrons. The number of carboxylic acids is 1. The highest BCUT2D eigenvalue weighted by Crippen LogP contribution is 2.38. The van der Waals surface area contributed by atoms with Crippen LogP contribution in [0.2, 0.25) is 0 Å². The Bertz CT molecular complexity index is 1460. The number of hydrogen-bond donors (Lipinski definition) is 3. The number of hydrogen-bond acceptors (Lipinski definition) is 6. The topological polar surface area (TPSA) is 135 Å². The highest BCUT2D eigenvalue weighted by molar-refractivity contribution is 6.35. The predicted molar refractivity (Wildman–Crippen MR) is 136 cm³/mol. The maximum Gasteiger partial charge on any atom is 0.342 e. The van der Waals surface area contributed by atoms with E-state index in [9.17, 15) is 19.2 Å². The molecule has 0 unspecified atom stereocenters. The number of esters is 1. The number of carboxylic acid groups (broad SMARTS) is 1. The van der Waals surface area contributed by atoms with E-state index in [1.807, 2.05) is 0 Å². The van der Waals surface area contributed by atoms with Gasteiger partial charge in [0.25, 0.3) is 11.8 Å². The maximum absolute atomic E-state index is 12.9. The van der Waals surface area contributed by atoms with Gasteiger partial charge >= 0.3 is 11.9 Å².